The van der Waals surface area contributed by atoms with Crippen LogP contribution in [0.15, 0.2) is 67.0 Å². The maximum absolute atomic E-state index is 13.4. The minimum atomic E-state index is -0.812. The third kappa shape index (κ3) is 4.61. The molecule has 0 radical (unpaired) electrons. The monoisotopic (exact) mass is 466 g/mol. The van der Waals surface area contributed by atoms with Crippen LogP contribution in [0, 0.1) is 0 Å². The van der Waals surface area contributed by atoms with E-state index < -0.39 is 23.5 Å². The summed E-state index contributed by atoms with van der Waals surface area (Å²) in [5, 5.41) is 13.7. The molecule has 1 N–H and O–H groups in total. The number of nitrogens with one attached hydrogen (secondary N) is 1. The molecular formula is C24H23ClN4O4. The predicted octanol–water partition coefficient (Wildman–Crippen LogP) is 2.06. The molecule has 0 aliphatic carbocycles. The Bertz CT molecular complexity index is 1180. The first-order valence-electron chi connectivity index (χ1n) is 10.6. The minimum absolute atomic E-state index is 0.0949. The molecule has 2 aromatic heterocycles. The normalized spacial score (nSPS) is 17.5. The smallest absolute Gasteiger partial charge is 0.295 e. The van der Waals surface area contributed by atoms with Gasteiger partial charge in [-0.3, -0.25) is 19.6 Å². The lowest BCUT2D eigenvalue weighted by Gasteiger charge is -2.27. The van der Waals surface area contributed by atoms with E-state index in [2.05, 4.69) is 9.97 Å². The number of rotatable bonds is 8. The molecule has 8 nitrogen and oxygen atoms in total. The summed E-state index contributed by atoms with van der Waals surface area (Å²) in [5.74, 6) is -1.58. The van der Waals surface area contributed by atoms with Crippen molar-refractivity contribution in [1.29, 1.82) is 0 Å². The van der Waals surface area contributed by atoms with Crippen LogP contribution in [0.1, 0.15) is 30.5 Å². The maximum atomic E-state index is 13.4. The number of Topliss-reactive ketones (excluding diaryl/α,β-unsaturated/α-hetero) is 1. The first-order chi connectivity index (χ1) is 16.0. The molecule has 0 spiro atoms. The zero-order valence-electron chi connectivity index (χ0n) is 18.0. The number of nitrogens with zero attached hydrogens (tertiary/aromatic N) is 3. The number of ether oxygens (including phenoxy) is 1. The standard InChI is InChI=1S/C24H23ClN4O4/c1-2-33-19-7-6-16(13-18(19)25)22(30)20-21(17-5-3-8-26-14-17)29(24(32)23(20)31)11-4-10-28-12-9-27-15-28/h3,5-9,12-15,21H,2,4,10-11H2,1H3,(H,30,31). The lowest BCUT2D eigenvalue weighted by molar-refractivity contribution is -0.695. The molecule has 1 aromatic carbocycles. The molecule has 1 unspecified atom stereocenters. The van der Waals surface area contributed by atoms with Crippen molar-refractivity contribution in [3.05, 3.63) is 83.2 Å². The summed E-state index contributed by atoms with van der Waals surface area (Å²) in [6.07, 6.45) is 9.27. The Morgan fingerprint density at radius 2 is 2.18 bits per heavy atom. The third-order valence-corrected chi connectivity index (χ3v) is 5.74. The molecule has 170 valence electrons. The molecule has 3 heterocycles. The molecule has 1 aliphatic rings. The van der Waals surface area contributed by atoms with E-state index in [9.17, 15) is 14.7 Å². The summed E-state index contributed by atoms with van der Waals surface area (Å²) < 4.78 is 7.37. The fraction of sp³-hybridized carbons (Fsp3) is 0.250. The SMILES string of the molecule is CCOc1ccc(/C([O-])=C2\C(=O)C(=O)N(CCC[n+]3cc[nH]c3)C2c2cccnc2)cc1Cl. The van der Waals surface area contributed by atoms with Crippen LogP contribution in [0.2, 0.25) is 5.02 Å². The molecule has 9 heteroatoms. The van der Waals surface area contributed by atoms with Crippen molar-refractivity contribution in [3.8, 4) is 5.75 Å². The predicted molar refractivity (Wildman–Crippen MR) is 119 cm³/mol. The van der Waals surface area contributed by atoms with Crippen molar-refractivity contribution in [2.75, 3.05) is 13.2 Å². The molecule has 4 rings (SSSR count). The number of H-pyrrole nitrogens is 1. The van der Waals surface area contributed by atoms with Gasteiger partial charge in [0.05, 0.1) is 24.2 Å². The minimum Gasteiger partial charge on any atom is -0.872 e. The first-order valence-corrected chi connectivity index (χ1v) is 11.0. The van der Waals surface area contributed by atoms with Gasteiger partial charge in [-0.15, -0.1) is 0 Å². The zero-order chi connectivity index (χ0) is 23.4. The van der Waals surface area contributed by atoms with E-state index in [1.54, 1.807) is 42.9 Å². The van der Waals surface area contributed by atoms with Crippen LogP contribution in [0.5, 0.6) is 5.75 Å². The second-order valence-electron chi connectivity index (χ2n) is 7.54. The lowest BCUT2D eigenvalue weighted by Crippen LogP contribution is -2.36. The lowest BCUT2D eigenvalue weighted by atomic mass is 9.96. The van der Waals surface area contributed by atoms with E-state index >= 15 is 0 Å². The molecule has 0 bridgehead atoms. The van der Waals surface area contributed by atoms with E-state index in [0.717, 1.165) is 0 Å². The number of carbonyl (C=O) groups is 2. The number of halogens is 1. The van der Waals surface area contributed by atoms with Crippen LogP contribution in [-0.4, -0.2) is 39.7 Å². The number of ketones is 1. The quantitative estimate of drug-likeness (QED) is 0.237. The second-order valence-corrected chi connectivity index (χ2v) is 7.95. The van der Waals surface area contributed by atoms with Crippen molar-refractivity contribution in [1.82, 2.24) is 14.9 Å². The van der Waals surface area contributed by atoms with Crippen molar-refractivity contribution in [2.45, 2.75) is 25.9 Å². The van der Waals surface area contributed by atoms with Gasteiger partial charge in [-0.05, 0) is 36.2 Å². The molecule has 1 amide bonds. The fourth-order valence-corrected chi connectivity index (χ4v) is 4.17. The average molecular weight is 467 g/mol. The van der Waals surface area contributed by atoms with Gasteiger partial charge in [0, 0.05) is 30.9 Å². The zero-order valence-corrected chi connectivity index (χ0v) is 18.8. The van der Waals surface area contributed by atoms with Crippen molar-refractivity contribution >= 4 is 29.1 Å². The number of aromatic amines is 1. The molecule has 1 atom stereocenters. The van der Waals surface area contributed by atoms with E-state index in [0.29, 0.717) is 37.4 Å². The number of likely N-dealkylation sites (tertiary alicyclic amines) is 1. The van der Waals surface area contributed by atoms with Gasteiger partial charge in [0.2, 0.25) is 12.1 Å². The Kier molecular flexibility index (Phi) is 6.74. The summed E-state index contributed by atoms with van der Waals surface area (Å²) in [4.78, 5) is 34.5. The number of benzene rings is 1. The number of amides is 1. The van der Waals surface area contributed by atoms with Gasteiger partial charge in [0.25, 0.3) is 5.91 Å². The van der Waals surface area contributed by atoms with E-state index in [1.165, 1.54) is 11.0 Å². The van der Waals surface area contributed by atoms with Crippen molar-refractivity contribution < 1.29 is 24.0 Å². The van der Waals surface area contributed by atoms with Gasteiger partial charge in [-0.1, -0.05) is 29.5 Å². The van der Waals surface area contributed by atoms with Gasteiger partial charge >= 0.3 is 0 Å². The molecular weight excluding hydrogens is 444 g/mol. The summed E-state index contributed by atoms with van der Waals surface area (Å²) >= 11 is 6.26. The van der Waals surface area contributed by atoms with Crippen LogP contribution >= 0.6 is 11.6 Å². The molecule has 33 heavy (non-hydrogen) atoms. The first kappa shape index (κ1) is 22.5. The Labute approximate surface area is 196 Å². The van der Waals surface area contributed by atoms with Crippen LogP contribution < -0.4 is 14.4 Å². The fourth-order valence-electron chi connectivity index (χ4n) is 3.94. The van der Waals surface area contributed by atoms with Crippen molar-refractivity contribution in [2.24, 2.45) is 0 Å². The molecule has 1 fully saturated rings. The van der Waals surface area contributed by atoms with Crippen LogP contribution in [0.25, 0.3) is 5.76 Å². The number of aryl methyl sites for hydroxylation is 1. The number of pyridine rings is 1. The average Bonchev–Trinajstić information content (AvgIpc) is 3.43. The Morgan fingerprint density at radius 3 is 2.85 bits per heavy atom. The number of imidazole rings is 1. The van der Waals surface area contributed by atoms with Gasteiger partial charge in [0.1, 0.15) is 18.1 Å². The highest BCUT2D eigenvalue weighted by Gasteiger charge is 2.44. The van der Waals surface area contributed by atoms with Crippen LogP contribution in [0.3, 0.4) is 0 Å². The Balaban J connectivity index is 1.71. The molecule has 1 aliphatic heterocycles. The molecule has 1 saturated heterocycles. The highest BCUT2D eigenvalue weighted by atomic mass is 35.5. The van der Waals surface area contributed by atoms with Gasteiger partial charge in [-0.2, -0.15) is 0 Å². The molecule has 0 saturated carbocycles. The number of carbonyl (C=O) groups excluding carboxylic acids is 2. The summed E-state index contributed by atoms with van der Waals surface area (Å²) in [5.41, 5.74) is 0.729. The second kappa shape index (κ2) is 9.87. The van der Waals surface area contributed by atoms with Crippen LogP contribution in [-0.2, 0) is 16.1 Å². The summed E-state index contributed by atoms with van der Waals surface area (Å²) in [7, 11) is 0. The van der Waals surface area contributed by atoms with E-state index in [1.807, 2.05) is 24.0 Å². The largest absolute Gasteiger partial charge is 0.872 e. The molecule has 3 aromatic rings. The van der Waals surface area contributed by atoms with E-state index in [4.69, 9.17) is 16.3 Å². The Hall–Kier alpha value is -3.65. The topological polar surface area (TPSA) is 102 Å². The highest BCUT2D eigenvalue weighted by Crippen LogP contribution is 2.39. The van der Waals surface area contributed by atoms with Gasteiger partial charge in [0.15, 0.2) is 0 Å². The Morgan fingerprint density at radius 1 is 1.33 bits per heavy atom. The third-order valence-electron chi connectivity index (χ3n) is 5.44. The maximum Gasteiger partial charge on any atom is 0.295 e. The number of hydrogen-bond donors (Lipinski definition) is 1. The van der Waals surface area contributed by atoms with Gasteiger partial charge < -0.3 is 14.7 Å². The van der Waals surface area contributed by atoms with Crippen molar-refractivity contribution in [3.63, 3.8) is 0 Å². The van der Waals surface area contributed by atoms with Gasteiger partial charge in [-0.25, -0.2) is 4.57 Å². The van der Waals surface area contributed by atoms with E-state index in [-0.39, 0.29) is 16.2 Å². The summed E-state index contributed by atoms with van der Waals surface area (Å²) in [6, 6.07) is 7.27. The highest BCUT2D eigenvalue weighted by molar-refractivity contribution is 6.46. The summed E-state index contributed by atoms with van der Waals surface area (Å²) in [6.45, 7) is 3.22. The van der Waals surface area contributed by atoms with Crippen LogP contribution in [0.4, 0.5) is 0 Å². The number of hydrogen-bond acceptors (Lipinski definition) is 5. The number of aromatic nitrogens is 3.